The van der Waals surface area contributed by atoms with Crippen LogP contribution in [0.15, 0.2) is 0 Å². The molecule has 1 heterocycles. The van der Waals surface area contributed by atoms with E-state index in [0.29, 0.717) is 12.8 Å². The second-order valence-corrected chi connectivity index (χ2v) is 14.1. The molecule has 0 unspecified atom stereocenters. The molecule has 1 saturated heterocycles. The smallest absolute Gasteiger partial charge is 0.306 e. The molecule has 1 aliphatic carbocycles. The van der Waals surface area contributed by atoms with E-state index < -0.39 is 116 Å². The zero-order chi connectivity index (χ0) is 42.7. The summed E-state index contributed by atoms with van der Waals surface area (Å²) >= 11 is 0. The van der Waals surface area contributed by atoms with Crippen LogP contribution in [-0.4, -0.2) is 116 Å². The van der Waals surface area contributed by atoms with Gasteiger partial charge in [-0.25, -0.2) is 0 Å². The summed E-state index contributed by atoms with van der Waals surface area (Å²) in [6.45, 7) is 8.99. The van der Waals surface area contributed by atoms with Crippen molar-refractivity contribution >= 4 is 47.8 Å². The van der Waals surface area contributed by atoms with Crippen molar-refractivity contribution in [2.45, 2.75) is 194 Å². The van der Waals surface area contributed by atoms with Crippen LogP contribution in [0.25, 0.3) is 0 Å². The van der Waals surface area contributed by atoms with Gasteiger partial charge < -0.3 is 47.4 Å². The zero-order valence-corrected chi connectivity index (χ0v) is 34.3. The summed E-state index contributed by atoms with van der Waals surface area (Å²) in [6.07, 6.45) is -5.44. The van der Waals surface area contributed by atoms with Gasteiger partial charge in [-0.15, -0.1) is 0 Å². The van der Waals surface area contributed by atoms with E-state index in [4.69, 9.17) is 47.4 Å². The van der Waals surface area contributed by atoms with Gasteiger partial charge in [0.25, 0.3) is 0 Å². The van der Waals surface area contributed by atoms with E-state index in [9.17, 15) is 38.4 Å². The standard InChI is InChI=1S/C39H60O18/c1-9-10-11-12-13-14-15-16-17-18-19-20-30(47)56-36-34(53-26(6)44)32(51-24(4)42)33(52-25(5)43)35(54-27(7)45)37(36)57-39-38(55-28(8)46)31(50-23(3)41)29(21-48-39)49-22(2)40/h29,31-39H,9-21H2,1-8H3/t29-,31+,32+,33+,34-,35-,36-,37+,38+,39+/m1/s1. The minimum atomic E-state index is -1.78. The summed E-state index contributed by atoms with van der Waals surface area (Å²) in [7, 11) is 0. The lowest BCUT2D eigenvalue weighted by molar-refractivity contribution is -0.326. The molecule has 18 nitrogen and oxygen atoms in total. The fraction of sp³-hybridized carbons (Fsp3) is 0.795. The van der Waals surface area contributed by atoms with E-state index in [1.807, 2.05) is 0 Å². The number of hydrogen-bond acceptors (Lipinski definition) is 18. The number of carbonyl (C=O) groups excluding carboxylic acids is 8. The Hall–Kier alpha value is -4.32. The van der Waals surface area contributed by atoms with Gasteiger partial charge in [0.05, 0.1) is 6.61 Å². The molecule has 0 aromatic carbocycles. The van der Waals surface area contributed by atoms with E-state index in [-0.39, 0.29) is 6.42 Å². The van der Waals surface area contributed by atoms with Gasteiger partial charge >= 0.3 is 47.8 Å². The van der Waals surface area contributed by atoms with Crippen LogP contribution >= 0.6 is 0 Å². The third kappa shape index (κ3) is 17.4. The third-order valence-electron chi connectivity index (χ3n) is 9.00. The lowest BCUT2D eigenvalue weighted by Crippen LogP contribution is -2.70. The molecule has 0 amide bonds. The number of carbonyl (C=O) groups is 8. The van der Waals surface area contributed by atoms with Crippen LogP contribution in [-0.2, 0) is 85.7 Å². The highest BCUT2D eigenvalue weighted by molar-refractivity contribution is 5.71. The summed E-state index contributed by atoms with van der Waals surface area (Å²) in [4.78, 5) is 100. The largest absolute Gasteiger partial charge is 0.456 e. The van der Waals surface area contributed by atoms with Crippen LogP contribution in [0.4, 0.5) is 0 Å². The second kappa shape index (κ2) is 25.1. The highest BCUT2D eigenvalue weighted by Gasteiger charge is 2.61. The maximum Gasteiger partial charge on any atom is 0.306 e. The Kier molecular flexibility index (Phi) is 21.5. The molecular formula is C39H60O18. The first-order valence-electron chi connectivity index (χ1n) is 19.6. The predicted octanol–water partition coefficient (Wildman–Crippen LogP) is 3.88. The van der Waals surface area contributed by atoms with E-state index in [0.717, 1.165) is 74.1 Å². The van der Waals surface area contributed by atoms with Crippen molar-refractivity contribution < 1.29 is 85.7 Å². The van der Waals surface area contributed by atoms with E-state index in [2.05, 4.69) is 6.92 Å². The molecule has 0 aromatic rings. The molecule has 57 heavy (non-hydrogen) atoms. The van der Waals surface area contributed by atoms with Gasteiger partial charge in [0, 0.05) is 54.9 Å². The summed E-state index contributed by atoms with van der Waals surface area (Å²) < 4.78 is 56.5. The molecule has 0 radical (unpaired) electrons. The maximum absolute atomic E-state index is 13.6. The Morgan fingerprint density at radius 2 is 0.737 bits per heavy atom. The van der Waals surface area contributed by atoms with Crippen molar-refractivity contribution in [2.24, 2.45) is 0 Å². The molecule has 10 atom stereocenters. The lowest BCUT2D eigenvalue weighted by Gasteiger charge is -2.49. The van der Waals surface area contributed by atoms with Crippen molar-refractivity contribution in [3.63, 3.8) is 0 Å². The molecule has 1 aliphatic heterocycles. The number of rotatable bonds is 22. The first kappa shape index (κ1) is 48.8. The molecular weight excluding hydrogens is 756 g/mol. The Bertz CT molecular complexity index is 1360. The molecule has 2 rings (SSSR count). The average Bonchev–Trinajstić information content (AvgIpc) is 3.09. The Morgan fingerprint density at radius 1 is 0.404 bits per heavy atom. The van der Waals surface area contributed by atoms with Crippen LogP contribution < -0.4 is 0 Å². The minimum Gasteiger partial charge on any atom is -0.456 e. The topological polar surface area (TPSA) is 229 Å². The fourth-order valence-electron chi connectivity index (χ4n) is 6.84. The van der Waals surface area contributed by atoms with Gasteiger partial charge in [0.1, 0.15) is 6.10 Å². The minimum absolute atomic E-state index is 0.0918. The first-order valence-corrected chi connectivity index (χ1v) is 19.6. The molecule has 1 saturated carbocycles. The highest BCUT2D eigenvalue weighted by Crippen LogP contribution is 2.37. The molecule has 18 heteroatoms. The van der Waals surface area contributed by atoms with Crippen molar-refractivity contribution in [2.75, 3.05) is 6.61 Å². The van der Waals surface area contributed by atoms with Gasteiger partial charge in [-0.05, 0) is 6.42 Å². The van der Waals surface area contributed by atoms with E-state index in [1.54, 1.807) is 0 Å². The van der Waals surface area contributed by atoms with Crippen LogP contribution in [0, 0.1) is 0 Å². The molecule has 2 fully saturated rings. The monoisotopic (exact) mass is 816 g/mol. The maximum atomic E-state index is 13.6. The molecule has 324 valence electrons. The summed E-state index contributed by atoms with van der Waals surface area (Å²) in [5, 5.41) is 0. The molecule has 0 aromatic heterocycles. The summed E-state index contributed by atoms with van der Waals surface area (Å²) in [6, 6.07) is 0. The Morgan fingerprint density at radius 3 is 1.14 bits per heavy atom. The van der Waals surface area contributed by atoms with Crippen LogP contribution in [0.5, 0.6) is 0 Å². The molecule has 0 N–H and O–H groups in total. The van der Waals surface area contributed by atoms with Crippen LogP contribution in [0.3, 0.4) is 0 Å². The summed E-state index contributed by atoms with van der Waals surface area (Å²) in [5.74, 6) is -7.06. The normalized spacial score (nSPS) is 26.9. The Balaban J connectivity index is 2.55. The second-order valence-electron chi connectivity index (χ2n) is 14.1. The zero-order valence-electron chi connectivity index (χ0n) is 34.3. The van der Waals surface area contributed by atoms with Crippen molar-refractivity contribution in [3.8, 4) is 0 Å². The Labute approximate surface area is 333 Å². The number of unbranched alkanes of at least 4 members (excludes halogenated alkanes) is 10. The lowest BCUT2D eigenvalue weighted by atomic mass is 9.83. The number of esters is 8. The van der Waals surface area contributed by atoms with Crippen LogP contribution in [0.1, 0.15) is 132 Å². The first-order chi connectivity index (χ1) is 26.9. The number of hydrogen-bond donors (Lipinski definition) is 0. The van der Waals surface area contributed by atoms with E-state index in [1.165, 1.54) is 32.1 Å². The molecule has 0 bridgehead atoms. The molecule has 0 spiro atoms. The quantitative estimate of drug-likeness (QED) is 0.0858. The summed E-state index contributed by atoms with van der Waals surface area (Å²) in [5.41, 5.74) is 0. The SMILES string of the molecule is CCCCCCCCCCCCCC(=O)O[C@@H]1[C@H](OC(C)=O)[C@@H](OC(C)=O)[C@H](OC(C)=O)[C@@H](OC(C)=O)[C@@H]1O[C@@H]1OC[C@@H](OC(C)=O)[C@H](OC(C)=O)[C@@H]1OC(C)=O. The van der Waals surface area contributed by atoms with Crippen molar-refractivity contribution in [1.82, 2.24) is 0 Å². The van der Waals surface area contributed by atoms with E-state index >= 15 is 0 Å². The van der Waals surface area contributed by atoms with Gasteiger partial charge in [0.15, 0.2) is 55.1 Å². The predicted molar refractivity (Wildman–Crippen MR) is 194 cm³/mol. The van der Waals surface area contributed by atoms with Gasteiger partial charge in [-0.3, -0.25) is 38.4 Å². The number of ether oxygens (including phenoxy) is 10. The third-order valence-corrected chi connectivity index (χ3v) is 9.00. The van der Waals surface area contributed by atoms with Crippen molar-refractivity contribution in [1.29, 1.82) is 0 Å². The van der Waals surface area contributed by atoms with Crippen molar-refractivity contribution in [3.05, 3.63) is 0 Å². The fourth-order valence-corrected chi connectivity index (χ4v) is 6.84. The average molecular weight is 817 g/mol. The van der Waals surface area contributed by atoms with Gasteiger partial charge in [0.2, 0.25) is 0 Å². The van der Waals surface area contributed by atoms with Gasteiger partial charge in [-0.1, -0.05) is 71.1 Å². The highest BCUT2D eigenvalue weighted by atomic mass is 16.7. The van der Waals surface area contributed by atoms with Crippen LogP contribution in [0.2, 0.25) is 0 Å². The van der Waals surface area contributed by atoms with Gasteiger partial charge in [-0.2, -0.15) is 0 Å². The molecule has 2 aliphatic rings.